The highest BCUT2D eigenvalue weighted by Gasteiger charge is 2.26. The Hall–Kier alpha value is -2.88. The zero-order valence-corrected chi connectivity index (χ0v) is 14.6. The molecule has 0 fully saturated rings. The van der Waals surface area contributed by atoms with Crippen LogP contribution in [0, 0.1) is 5.92 Å². The van der Waals surface area contributed by atoms with Crippen LogP contribution in [0.15, 0.2) is 71.4 Å². The number of guanidine groups is 1. The molecule has 128 valence electrons. The molecule has 2 aromatic carbocycles. The standard InChI is InChI=1S/C21H23N3O/c1-3-15(2)20(25)24-21-22-18(14-16-10-6-4-7-11-16)19(23-21)17-12-8-5-9-13-17/h4-15,19H,3H2,1-2H3,(H2,22,23,24,25)/b18-14-. The van der Waals surface area contributed by atoms with Crippen molar-refractivity contribution in [2.45, 2.75) is 26.3 Å². The molecule has 0 saturated carbocycles. The second-order valence-electron chi connectivity index (χ2n) is 6.22. The molecule has 1 aliphatic rings. The fourth-order valence-electron chi connectivity index (χ4n) is 2.66. The van der Waals surface area contributed by atoms with E-state index in [-0.39, 0.29) is 17.9 Å². The van der Waals surface area contributed by atoms with Crippen molar-refractivity contribution in [2.75, 3.05) is 0 Å². The van der Waals surface area contributed by atoms with Gasteiger partial charge in [-0.25, -0.2) is 4.99 Å². The number of aliphatic imine (C=N–C) groups is 1. The Bertz CT molecular complexity index is 781. The fraction of sp³-hybridized carbons (Fsp3) is 0.238. The molecule has 1 aliphatic heterocycles. The normalized spacial score (nSPS) is 19.2. The maximum atomic E-state index is 12.2. The Labute approximate surface area is 148 Å². The van der Waals surface area contributed by atoms with Crippen molar-refractivity contribution >= 4 is 17.9 Å². The van der Waals surface area contributed by atoms with Crippen LogP contribution in [0.2, 0.25) is 0 Å². The van der Waals surface area contributed by atoms with Crippen molar-refractivity contribution in [2.24, 2.45) is 10.9 Å². The average molecular weight is 333 g/mol. The van der Waals surface area contributed by atoms with Gasteiger partial charge in [0.15, 0.2) is 0 Å². The van der Waals surface area contributed by atoms with E-state index < -0.39 is 0 Å². The van der Waals surface area contributed by atoms with Crippen LogP contribution in [0.4, 0.5) is 0 Å². The first-order valence-electron chi connectivity index (χ1n) is 8.64. The van der Waals surface area contributed by atoms with E-state index in [1.807, 2.05) is 74.5 Å². The second kappa shape index (κ2) is 7.79. The van der Waals surface area contributed by atoms with Crippen molar-refractivity contribution in [3.63, 3.8) is 0 Å². The summed E-state index contributed by atoms with van der Waals surface area (Å²) in [7, 11) is 0. The van der Waals surface area contributed by atoms with Crippen molar-refractivity contribution in [3.8, 4) is 0 Å². The fourth-order valence-corrected chi connectivity index (χ4v) is 2.66. The van der Waals surface area contributed by atoms with Gasteiger partial charge in [-0.3, -0.25) is 10.1 Å². The molecule has 4 heteroatoms. The number of benzene rings is 2. The smallest absolute Gasteiger partial charge is 0.229 e. The Morgan fingerprint density at radius 3 is 2.44 bits per heavy atom. The van der Waals surface area contributed by atoms with Gasteiger partial charge in [-0.1, -0.05) is 74.5 Å². The lowest BCUT2D eigenvalue weighted by Crippen LogP contribution is -2.40. The molecule has 2 N–H and O–H groups in total. The molecule has 3 rings (SSSR count). The predicted molar refractivity (Wildman–Crippen MR) is 102 cm³/mol. The lowest BCUT2D eigenvalue weighted by Gasteiger charge is -2.11. The van der Waals surface area contributed by atoms with Gasteiger partial charge in [0.2, 0.25) is 11.9 Å². The number of nitrogens with zero attached hydrogens (tertiary/aromatic N) is 1. The Morgan fingerprint density at radius 2 is 1.80 bits per heavy atom. The van der Waals surface area contributed by atoms with E-state index in [1.54, 1.807) is 0 Å². The molecule has 0 spiro atoms. The van der Waals surface area contributed by atoms with Gasteiger partial charge in [-0.15, -0.1) is 0 Å². The molecule has 25 heavy (non-hydrogen) atoms. The van der Waals surface area contributed by atoms with Crippen LogP contribution in [0.1, 0.15) is 37.4 Å². The topological polar surface area (TPSA) is 53.5 Å². The van der Waals surface area contributed by atoms with Crippen LogP contribution in [0.25, 0.3) is 6.08 Å². The lowest BCUT2D eigenvalue weighted by atomic mass is 10.0. The highest BCUT2D eigenvalue weighted by atomic mass is 16.2. The van der Waals surface area contributed by atoms with Crippen LogP contribution < -0.4 is 10.6 Å². The van der Waals surface area contributed by atoms with Crippen molar-refractivity contribution < 1.29 is 4.79 Å². The summed E-state index contributed by atoms with van der Waals surface area (Å²) >= 11 is 0. The monoisotopic (exact) mass is 333 g/mol. The predicted octanol–water partition coefficient (Wildman–Crippen LogP) is 3.89. The van der Waals surface area contributed by atoms with Crippen molar-refractivity contribution in [3.05, 3.63) is 77.5 Å². The van der Waals surface area contributed by atoms with Gasteiger partial charge in [0.1, 0.15) is 6.04 Å². The molecule has 2 atom stereocenters. The quantitative estimate of drug-likeness (QED) is 0.892. The van der Waals surface area contributed by atoms with E-state index in [1.165, 1.54) is 0 Å². The number of hydrogen-bond donors (Lipinski definition) is 2. The number of nitrogens with one attached hydrogen (secondary N) is 2. The lowest BCUT2D eigenvalue weighted by molar-refractivity contribution is -0.123. The average Bonchev–Trinajstić information content (AvgIpc) is 3.04. The van der Waals surface area contributed by atoms with E-state index in [0.717, 1.165) is 23.2 Å². The number of carbonyl (C=O) groups excluding carboxylic acids is 1. The van der Waals surface area contributed by atoms with Gasteiger partial charge in [-0.05, 0) is 23.6 Å². The third-order valence-corrected chi connectivity index (χ3v) is 4.35. The largest absolute Gasteiger partial charge is 0.327 e. The minimum absolute atomic E-state index is 0.0125. The Balaban J connectivity index is 1.88. The summed E-state index contributed by atoms with van der Waals surface area (Å²) in [6, 6.07) is 20.0. The summed E-state index contributed by atoms with van der Waals surface area (Å²) in [4.78, 5) is 16.9. The van der Waals surface area contributed by atoms with E-state index in [4.69, 9.17) is 4.99 Å². The van der Waals surface area contributed by atoms with Crippen LogP contribution in [-0.2, 0) is 4.79 Å². The molecule has 1 heterocycles. The molecular formula is C21H23N3O. The van der Waals surface area contributed by atoms with Gasteiger partial charge < -0.3 is 5.32 Å². The minimum atomic E-state index is -0.145. The summed E-state index contributed by atoms with van der Waals surface area (Å²) in [5.74, 6) is 0.463. The number of rotatable bonds is 4. The van der Waals surface area contributed by atoms with E-state index in [9.17, 15) is 4.79 Å². The van der Waals surface area contributed by atoms with Gasteiger partial charge in [-0.2, -0.15) is 0 Å². The van der Waals surface area contributed by atoms with Gasteiger partial charge in [0.25, 0.3) is 0 Å². The first-order valence-corrected chi connectivity index (χ1v) is 8.64. The summed E-state index contributed by atoms with van der Waals surface area (Å²) in [5, 5.41) is 6.18. The highest BCUT2D eigenvalue weighted by molar-refractivity contribution is 6.00. The summed E-state index contributed by atoms with van der Waals surface area (Å²) in [6.07, 6.45) is 2.87. The molecule has 2 aromatic rings. The first kappa shape index (κ1) is 17.0. The molecule has 2 unspecified atom stereocenters. The van der Waals surface area contributed by atoms with Gasteiger partial charge >= 0.3 is 0 Å². The van der Waals surface area contributed by atoms with E-state index >= 15 is 0 Å². The maximum Gasteiger partial charge on any atom is 0.229 e. The third kappa shape index (κ3) is 4.15. The van der Waals surface area contributed by atoms with Crippen LogP contribution in [0.3, 0.4) is 0 Å². The zero-order chi connectivity index (χ0) is 17.6. The van der Waals surface area contributed by atoms with Gasteiger partial charge in [0, 0.05) is 11.6 Å². The van der Waals surface area contributed by atoms with E-state index in [0.29, 0.717) is 5.96 Å². The van der Waals surface area contributed by atoms with Crippen molar-refractivity contribution in [1.29, 1.82) is 0 Å². The van der Waals surface area contributed by atoms with E-state index in [2.05, 4.69) is 16.7 Å². The third-order valence-electron chi connectivity index (χ3n) is 4.35. The Morgan fingerprint density at radius 1 is 1.16 bits per heavy atom. The second-order valence-corrected chi connectivity index (χ2v) is 6.22. The maximum absolute atomic E-state index is 12.2. The Kier molecular flexibility index (Phi) is 5.29. The summed E-state index contributed by atoms with van der Waals surface area (Å²) < 4.78 is 0. The molecule has 0 saturated heterocycles. The molecular weight excluding hydrogens is 310 g/mol. The minimum Gasteiger partial charge on any atom is -0.327 e. The zero-order valence-electron chi connectivity index (χ0n) is 14.6. The molecule has 0 bridgehead atoms. The van der Waals surface area contributed by atoms with Crippen LogP contribution in [-0.4, -0.2) is 11.9 Å². The number of amides is 1. The van der Waals surface area contributed by atoms with Gasteiger partial charge in [0.05, 0.1) is 0 Å². The molecule has 0 aliphatic carbocycles. The molecule has 4 nitrogen and oxygen atoms in total. The van der Waals surface area contributed by atoms with Crippen LogP contribution >= 0.6 is 0 Å². The van der Waals surface area contributed by atoms with Crippen LogP contribution in [0.5, 0.6) is 0 Å². The number of carbonyl (C=O) groups is 1. The van der Waals surface area contributed by atoms with Crippen molar-refractivity contribution in [1.82, 2.24) is 10.6 Å². The highest BCUT2D eigenvalue weighted by Crippen LogP contribution is 2.29. The summed E-state index contributed by atoms with van der Waals surface area (Å²) in [5.41, 5.74) is 3.14. The molecule has 0 radical (unpaired) electrons. The SMILES string of the molecule is CCC(C)C(=O)NC1=NC(c2ccccc2)/C(=C/c2ccccc2)N1. The first-order chi connectivity index (χ1) is 12.2. The summed E-state index contributed by atoms with van der Waals surface area (Å²) in [6.45, 7) is 3.92. The number of hydrogen-bond acceptors (Lipinski definition) is 3. The molecule has 1 amide bonds. The molecule has 0 aromatic heterocycles.